The van der Waals surface area contributed by atoms with Crippen LogP contribution >= 0.6 is 11.3 Å². The van der Waals surface area contributed by atoms with Crippen LogP contribution in [0.3, 0.4) is 0 Å². The zero-order valence-electron chi connectivity index (χ0n) is 13.3. The number of aryl methyl sites for hydroxylation is 1. The van der Waals surface area contributed by atoms with Crippen molar-refractivity contribution in [3.63, 3.8) is 0 Å². The maximum absolute atomic E-state index is 12.3. The van der Waals surface area contributed by atoms with Gasteiger partial charge in [0.05, 0.1) is 4.92 Å². The molecule has 0 unspecified atom stereocenters. The molecule has 1 amide bonds. The summed E-state index contributed by atoms with van der Waals surface area (Å²) < 4.78 is 1.82. The van der Waals surface area contributed by atoms with Crippen molar-refractivity contribution >= 4 is 28.6 Å². The number of nitro groups is 1. The minimum absolute atomic E-state index is 0.102. The van der Waals surface area contributed by atoms with Crippen molar-refractivity contribution in [3.05, 3.63) is 50.8 Å². The molecule has 1 saturated heterocycles. The fourth-order valence-corrected chi connectivity index (χ4v) is 3.61. The third-order valence-corrected chi connectivity index (χ3v) is 5.08. The van der Waals surface area contributed by atoms with E-state index in [1.807, 2.05) is 28.1 Å². The van der Waals surface area contributed by atoms with E-state index in [0.717, 1.165) is 0 Å². The zero-order chi connectivity index (χ0) is 17.1. The summed E-state index contributed by atoms with van der Waals surface area (Å²) in [6.45, 7) is 1.24. The molecule has 3 rings (SSSR count). The Bertz CT molecular complexity index is 818. The molecule has 0 aliphatic carbocycles. The fourth-order valence-electron chi connectivity index (χ4n) is 2.87. The molecule has 1 aliphatic rings. The maximum atomic E-state index is 12.3. The third-order valence-electron chi connectivity index (χ3n) is 4.23. The monoisotopic (exact) mass is 346 g/mol. The molecule has 7 nitrogen and oxygen atoms in total. The number of thiazole rings is 1. The third kappa shape index (κ3) is 3.38. The fraction of sp³-hybridized carbons (Fsp3) is 0.375. The summed E-state index contributed by atoms with van der Waals surface area (Å²) in [4.78, 5) is 30.0. The molecule has 1 aromatic heterocycles. The number of hydrogen-bond donors (Lipinski definition) is 0. The summed E-state index contributed by atoms with van der Waals surface area (Å²) in [7, 11) is 1.86. The summed E-state index contributed by atoms with van der Waals surface area (Å²) in [6.07, 6.45) is 3.18. The highest BCUT2D eigenvalue weighted by atomic mass is 32.1. The van der Waals surface area contributed by atoms with Crippen LogP contribution < -0.4 is 9.70 Å². The standard InChI is InChI=1S/C16H18N4O3S/c1-18-10-11-24-16(18)17-15(21)12-6-8-19(9-7-12)13-4-2-3-5-14(13)20(22)23/h2-5,10-12H,6-9H2,1H3. The molecule has 1 fully saturated rings. The van der Waals surface area contributed by atoms with E-state index >= 15 is 0 Å². The van der Waals surface area contributed by atoms with Gasteiger partial charge in [0.25, 0.3) is 11.6 Å². The van der Waals surface area contributed by atoms with E-state index in [9.17, 15) is 14.9 Å². The highest BCUT2D eigenvalue weighted by Crippen LogP contribution is 2.31. The van der Waals surface area contributed by atoms with Crippen LogP contribution in [0.15, 0.2) is 40.8 Å². The summed E-state index contributed by atoms with van der Waals surface area (Å²) in [5, 5.41) is 13.0. The first-order chi connectivity index (χ1) is 11.6. The molecule has 0 saturated carbocycles. The number of aromatic nitrogens is 1. The van der Waals surface area contributed by atoms with E-state index in [4.69, 9.17) is 0 Å². The second-order valence-corrected chi connectivity index (χ2v) is 6.63. The van der Waals surface area contributed by atoms with Gasteiger partial charge in [0.1, 0.15) is 5.69 Å². The Morgan fingerprint density at radius 3 is 2.67 bits per heavy atom. The SMILES string of the molecule is Cn1ccsc1=NC(=O)C1CCN(c2ccccc2[N+](=O)[O-])CC1. The van der Waals surface area contributed by atoms with E-state index in [-0.39, 0.29) is 22.4 Å². The molecule has 0 atom stereocenters. The molecule has 24 heavy (non-hydrogen) atoms. The van der Waals surface area contributed by atoms with Crippen molar-refractivity contribution in [2.24, 2.45) is 18.0 Å². The number of carbonyl (C=O) groups is 1. The Balaban J connectivity index is 1.70. The first-order valence-electron chi connectivity index (χ1n) is 7.73. The lowest BCUT2D eigenvalue weighted by atomic mass is 9.95. The Hall–Kier alpha value is -2.48. The number of nitrogens with zero attached hydrogens (tertiary/aromatic N) is 4. The number of benzene rings is 1. The van der Waals surface area contributed by atoms with Crippen molar-refractivity contribution < 1.29 is 9.72 Å². The maximum Gasteiger partial charge on any atom is 0.292 e. The minimum Gasteiger partial charge on any atom is -0.366 e. The van der Waals surface area contributed by atoms with Crippen molar-refractivity contribution in [3.8, 4) is 0 Å². The van der Waals surface area contributed by atoms with Gasteiger partial charge in [-0.1, -0.05) is 12.1 Å². The summed E-state index contributed by atoms with van der Waals surface area (Å²) in [6, 6.07) is 6.73. The van der Waals surface area contributed by atoms with Crippen molar-refractivity contribution in [1.82, 2.24) is 4.57 Å². The topological polar surface area (TPSA) is 80.7 Å². The van der Waals surface area contributed by atoms with Gasteiger partial charge in [-0.05, 0) is 18.9 Å². The van der Waals surface area contributed by atoms with Gasteiger partial charge in [-0.25, -0.2) is 0 Å². The first-order valence-corrected chi connectivity index (χ1v) is 8.61. The molecule has 8 heteroatoms. The van der Waals surface area contributed by atoms with Crippen LogP contribution in [0, 0.1) is 16.0 Å². The van der Waals surface area contributed by atoms with E-state index < -0.39 is 0 Å². The molecule has 0 N–H and O–H groups in total. The summed E-state index contributed by atoms with van der Waals surface area (Å²) >= 11 is 1.43. The number of carbonyl (C=O) groups excluding carboxylic acids is 1. The second-order valence-electron chi connectivity index (χ2n) is 5.75. The summed E-state index contributed by atoms with van der Waals surface area (Å²) in [5.41, 5.74) is 0.729. The van der Waals surface area contributed by atoms with Crippen LogP contribution in [0.2, 0.25) is 0 Å². The van der Waals surface area contributed by atoms with Gasteiger partial charge in [0.15, 0.2) is 4.80 Å². The molecule has 2 heterocycles. The van der Waals surface area contributed by atoms with E-state index in [1.54, 1.807) is 18.2 Å². The Morgan fingerprint density at radius 2 is 2.04 bits per heavy atom. The molecule has 0 spiro atoms. The number of anilines is 1. The van der Waals surface area contributed by atoms with Crippen molar-refractivity contribution in [2.75, 3.05) is 18.0 Å². The number of amides is 1. The first kappa shape index (κ1) is 16.4. The highest BCUT2D eigenvalue weighted by Gasteiger charge is 2.27. The molecular formula is C16H18N4O3S. The van der Waals surface area contributed by atoms with Gasteiger partial charge in [0, 0.05) is 43.7 Å². The van der Waals surface area contributed by atoms with Crippen LogP contribution in [-0.4, -0.2) is 28.5 Å². The predicted molar refractivity (Wildman–Crippen MR) is 91.9 cm³/mol. The van der Waals surface area contributed by atoms with Crippen molar-refractivity contribution in [2.45, 2.75) is 12.8 Å². The molecule has 0 radical (unpaired) electrons. The molecule has 1 aromatic carbocycles. The predicted octanol–water partition coefficient (Wildman–Crippen LogP) is 2.34. The molecular weight excluding hydrogens is 328 g/mol. The smallest absolute Gasteiger partial charge is 0.292 e. The Labute approximate surface area is 143 Å². The largest absolute Gasteiger partial charge is 0.366 e. The zero-order valence-corrected chi connectivity index (χ0v) is 14.1. The lowest BCUT2D eigenvalue weighted by Crippen LogP contribution is -2.36. The Kier molecular flexibility index (Phi) is 4.75. The molecule has 0 bridgehead atoms. The van der Waals surface area contributed by atoms with Crippen LogP contribution in [-0.2, 0) is 11.8 Å². The van der Waals surface area contributed by atoms with Gasteiger partial charge >= 0.3 is 0 Å². The Morgan fingerprint density at radius 1 is 1.33 bits per heavy atom. The number of piperidine rings is 1. The van der Waals surface area contributed by atoms with Crippen molar-refractivity contribution in [1.29, 1.82) is 0 Å². The van der Waals surface area contributed by atoms with E-state index in [2.05, 4.69) is 4.99 Å². The summed E-state index contributed by atoms with van der Waals surface area (Å²) in [5.74, 6) is -0.221. The van der Waals surface area contributed by atoms with Gasteiger partial charge < -0.3 is 9.47 Å². The lowest BCUT2D eigenvalue weighted by molar-refractivity contribution is -0.384. The van der Waals surface area contributed by atoms with Crippen LogP contribution in [0.5, 0.6) is 0 Å². The van der Waals surface area contributed by atoms with Crippen LogP contribution in [0.4, 0.5) is 11.4 Å². The quantitative estimate of drug-likeness (QED) is 0.631. The van der Waals surface area contributed by atoms with E-state index in [1.165, 1.54) is 17.4 Å². The number of rotatable bonds is 3. The van der Waals surface area contributed by atoms with Gasteiger partial charge in [0.2, 0.25) is 0 Å². The highest BCUT2D eigenvalue weighted by molar-refractivity contribution is 7.07. The van der Waals surface area contributed by atoms with Gasteiger partial charge in [-0.15, -0.1) is 11.3 Å². The average molecular weight is 346 g/mol. The van der Waals surface area contributed by atoms with Gasteiger partial charge in [-0.2, -0.15) is 4.99 Å². The minimum atomic E-state index is -0.362. The normalized spacial score (nSPS) is 16.4. The average Bonchev–Trinajstić information content (AvgIpc) is 3.00. The van der Waals surface area contributed by atoms with Gasteiger partial charge in [-0.3, -0.25) is 14.9 Å². The van der Waals surface area contributed by atoms with Crippen LogP contribution in [0.1, 0.15) is 12.8 Å². The second kappa shape index (κ2) is 6.96. The number of hydrogen-bond acceptors (Lipinski definition) is 5. The van der Waals surface area contributed by atoms with Crippen LogP contribution in [0.25, 0.3) is 0 Å². The van der Waals surface area contributed by atoms with E-state index in [0.29, 0.717) is 36.4 Å². The number of para-hydroxylation sites is 2. The lowest BCUT2D eigenvalue weighted by Gasteiger charge is -2.31. The molecule has 126 valence electrons. The molecule has 1 aliphatic heterocycles. The molecule has 2 aromatic rings. The number of nitro benzene ring substituents is 1.